The maximum atomic E-state index is 12.2. The highest BCUT2D eigenvalue weighted by Crippen LogP contribution is 2.18. The molecule has 7 nitrogen and oxygen atoms in total. The minimum Gasteiger partial charge on any atom is -0.459 e. The van der Waals surface area contributed by atoms with E-state index in [2.05, 4.69) is 20.5 Å². The van der Waals surface area contributed by atoms with E-state index in [-0.39, 0.29) is 11.7 Å². The number of hydrogen-bond acceptors (Lipinski definition) is 5. The number of aromatic nitrogens is 1. The summed E-state index contributed by atoms with van der Waals surface area (Å²) in [5, 5.41) is 5.45. The number of hydrogen-bond donors (Lipinski definition) is 2. The molecule has 1 atom stereocenters. The van der Waals surface area contributed by atoms with Crippen molar-refractivity contribution in [3.8, 4) is 0 Å². The molecule has 132 valence electrons. The largest absolute Gasteiger partial charge is 0.459 e. The first-order valence-corrected chi connectivity index (χ1v) is 8.45. The lowest BCUT2D eigenvalue weighted by atomic mass is 10.2. The van der Waals surface area contributed by atoms with Gasteiger partial charge in [-0.1, -0.05) is 0 Å². The van der Waals surface area contributed by atoms with Crippen molar-refractivity contribution in [1.82, 2.24) is 15.6 Å². The summed E-state index contributed by atoms with van der Waals surface area (Å²) in [6, 6.07) is 6.40. The zero-order valence-electron chi connectivity index (χ0n) is 14.2. The summed E-state index contributed by atoms with van der Waals surface area (Å²) in [6.45, 7) is 4.08. The van der Waals surface area contributed by atoms with Gasteiger partial charge in [-0.25, -0.2) is 4.98 Å². The van der Waals surface area contributed by atoms with Crippen LogP contribution >= 0.6 is 0 Å². The molecule has 0 radical (unpaired) electrons. The van der Waals surface area contributed by atoms with Crippen LogP contribution in [0.2, 0.25) is 0 Å². The Hall–Kier alpha value is -2.83. The standard InChI is InChI=1S/C18H22N4O3/c1-13(21-18(24)15-5-4-10-25-15)17(23)20-12-14-6-7-19-16(11-14)22-8-2-3-9-22/h4-7,10-11,13H,2-3,8-9,12H2,1H3,(H,20,23)(H,21,24)/t13-/m1/s1. The van der Waals surface area contributed by atoms with Crippen molar-refractivity contribution in [1.29, 1.82) is 0 Å². The molecule has 0 saturated carbocycles. The second-order valence-corrected chi connectivity index (χ2v) is 6.11. The fourth-order valence-corrected chi connectivity index (χ4v) is 2.77. The van der Waals surface area contributed by atoms with Crippen LogP contribution in [0.25, 0.3) is 0 Å². The first-order chi connectivity index (χ1) is 12.1. The van der Waals surface area contributed by atoms with E-state index in [1.807, 2.05) is 12.1 Å². The van der Waals surface area contributed by atoms with Crippen molar-refractivity contribution in [2.24, 2.45) is 0 Å². The number of carbonyl (C=O) groups excluding carboxylic acids is 2. The topological polar surface area (TPSA) is 87.5 Å². The van der Waals surface area contributed by atoms with Gasteiger partial charge in [0, 0.05) is 25.8 Å². The molecule has 2 aromatic rings. The van der Waals surface area contributed by atoms with Gasteiger partial charge in [0.1, 0.15) is 11.9 Å². The Morgan fingerprint density at radius 3 is 2.84 bits per heavy atom. The fourth-order valence-electron chi connectivity index (χ4n) is 2.77. The second-order valence-electron chi connectivity index (χ2n) is 6.11. The normalized spacial score (nSPS) is 15.0. The molecule has 1 aliphatic heterocycles. The SMILES string of the molecule is C[C@@H](NC(=O)c1ccco1)C(=O)NCc1ccnc(N2CCCC2)c1. The molecule has 1 aliphatic rings. The molecule has 3 rings (SSSR count). The molecule has 0 unspecified atom stereocenters. The predicted octanol–water partition coefficient (Wildman–Crippen LogP) is 1.71. The molecule has 0 aromatic carbocycles. The van der Waals surface area contributed by atoms with Crippen molar-refractivity contribution in [3.05, 3.63) is 48.0 Å². The van der Waals surface area contributed by atoms with E-state index in [1.165, 1.54) is 19.1 Å². The van der Waals surface area contributed by atoms with Gasteiger partial charge >= 0.3 is 0 Å². The number of carbonyl (C=O) groups is 2. The maximum Gasteiger partial charge on any atom is 0.287 e. The van der Waals surface area contributed by atoms with Crippen molar-refractivity contribution in [2.45, 2.75) is 32.4 Å². The quantitative estimate of drug-likeness (QED) is 0.834. The van der Waals surface area contributed by atoms with Crippen molar-refractivity contribution >= 4 is 17.6 Å². The van der Waals surface area contributed by atoms with Gasteiger partial charge < -0.3 is 20.0 Å². The molecule has 0 bridgehead atoms. The highest BCUT2D eigenvalue weighted by molar-refractivity contribution is 5.95. The van der Waals surface area contributed by atoms with Crippen LogP contribution in [0.1, 0.15) is 35.9 Å². The molecule has 2 amide bonds. The monoisotopic (exact) mass is 342 g/mol. The Bertz CT molecular complexity index is 724. The molecule has 0 spiro atoms. The van der Waals surface area contributed by atoms with E-state index < -0.39 is 11.9 Å². The summed E-state index contributed by atoms with van der Waals surface area (Å²) in [6.07, 6.45) is 5.56. The van der Waals surface area contributed by atoms with Gasteiger partial charge in [0.2, 0.25) is 5.91 Å². The van der Waals surface area contributed by atoms with Gasteiger partial charge in [-0.05, 0) is 49.6 Å². The smallest absolute Gasteiger partial charge is 0.287 e. The fraction of sp³-hybridized carbons (Fsp3) is 0.389. The van der Waals surface area contributed by atoms with E-state index in [0.717, 1.165) is 24.5 Å². The van der Waals surface area contributed by atoms with Crippen molar-refractivity contribution in [2.75, 3.05) is 18.0 Å². The molecule has 2 N–H and O–H groups in total. The third-order valence-corrected chi connectivity index (χ3v) is 4.19. The third-order valence-electron chi connectivity index (χ3n) is 4.19. The number of rotatable bonds is 6. The van der Waals surface area contributed by atoms with Crippen molar-refractivity contribution < 1.29 is 14.0 Å². The highest BCUT2D eigenvalue weighted by atomic mass is 16.3. The first-order valence-electron chi connectivity index (χ1n) is 8.45. The molecule has 7 heteroatoms. The van der Waals surface area contributed by atoms with Crippen LogP contribution in [0.4, 0.5) is 5.82 Å². The molecular formula is C18H22N4O3. The Morgan fingerprint density at radius 2 is 2.12 bits per heavy atom. The molecule has 0 aliphatic carbocycles. The van der Waals surface area contributed by atoms with Gasteiger partial charge in [0.25, 0.3) is 5.91 Å². The molecule has 2 aromatic heterocycles. The Kier molecular flexibility index (Phi) is 5.33. The number of pyridine rings is 1. The maximum absolute atomic E-state index is 12.2. The summed E-state index contributed by atoms with van der Waals surface area (Å²) >= 11 is 0. The number of amides is 2. The molecule has 1 fully saturated rings. The van der Waals surface area contributed by atoms with Crippen LogP contribution < -0.4 is 15.5 Å². The second kappa shape index (κ2) is 7.83. The van der Waals surface area contributed by atoms with Crippen LogP contribution in [-0.2, 0) is 11.3 Å². The molecular weight excluding hydrogens is 320 g/mol. The van der Waals surface area contributed by atoms with Crippen LogP contribution in [0.3, 0.4) is 0 Å². The number of furan rings is 1. The van der Waals surface area contributed by atoms with Gasteiger partial charge in [-0.15, -0.1) is 0 Å². The molecule has 1 saturated heterocycles. The van der Waals surface area contributed by atoms with Gasteiger partial charge in [-0.2, -0.15) is 0 Å². The first kappa shape index (κ1) is 17.0. The summed E-state index contributed by atoms with van der Waals surface area (Å²) in [4.78, 5) is 30.7. The van der Waals surface area contributed by atoms with Gasteiger partial charge in [-0.3, -0.25) is 9.59 Å². The zero-order valence-corrected chi connectivity index (χ0v) is 14.2. The van der Waals surface area contributed by atoms with Crippen LogP contribution in [0.5, 0.6) is 0 Å². The average molecular weight is 342 g/mol. The lowest BCUT2D eigenvalue weighted by Crippen LogP contribution is -2.44. The van der Waals surface area contributed by atoms with E-state index in [1.54, 1.807) is 25.3 Å². The van der Waals surface area contributed by atoms with E-state index in [0.29, 0.717) is 6.54 Å². The van der Waals surface area contributed by atoms with Gasteiger partial charge in [0.15, 0.2) is 5.76 Å². The molecule has 3 heterocycles. The van der Waals surface area contributed by atoms with Crippen LogP contribution in [0, 0.1) is 0 Å². The van der Waals surface area contributed by atoms with E-state index >= 15 is 0 Å². The predicted molar refractivity (Wildman–Crippen MR) is 93.2 cm³/mol. The molecule has 25 heavy (non-hydrogen) atoms. The highest BCUT2D eigenvalue weighted by Gasteiger charge is 2.18. The minimum absolute atomic E-state index is 0.184. The Labute approximate surface area is 146 Å². The zero-order chi connectivity index (χ0) is 17.6. The lowest BCUT2D eigenvalue weighted by molar-refractivity contribution is -0.122. The third kappa shape index (κ3) is 4.37. The van der Waals surface area contributed by atoms with Crippen LogP contribution in [-0.4, -0.2) is 35.9 Å². The van der Waals surface area contributed by atoms with E-state index in [4.69, 9.17) is 4.42 Å². The van der Waals surface area contributed by atoms with Crippen molar-refractivity contribution in [3.63, 3.8) is 0 Å². The lowest BCUT2D eigenvalue weighted by Gasteiger charge is -2.17. The van der Waals surface area contributed by atoms with Crippen LogP contribution in [0.15, 0.2) is 41.1 Å². The van der Waals surface area contributed by atoms with E-state index in [9.17, 15) is 9.59 Å². The summed E-state index contributed by atoms with van der Waals surface area (Å²) in [7, 11) is 0. The number of nitrogens with zero attached hydrogens (tertiary/aromatic N) is 2. The summed E-state index contributed by atoms with van der Waals surface area (Å²) in [5.74, 6) is 0.472. The Balaban J connectivity index is 1.51. The summed E-state index contributed by atoms with van der Waals surface area (Å²) in [5.41, 5.74) is 0.981. The average Bonchev–Trinajstić information content (AvgIpc) is 3.33. The number of anilines is 1. The minimum atomic E-state index is -0.655. The van der Waals surface area contributed by atoms with Gasteiger partial charge in [0.05, 0.1) is 6.26 Å². The Morgan fingerprint density at radius 1 is 1.32 bits per heavy atom. The summed E-state index contributed by atoms with van der Waals surface area (Å²) < 4.78 is 5.01. The number of nitrogens with one attached hydrogen (secondary N) is 2.